The lowest BCUT2D eigenvalue weighted by atomic mass is 10.3. The van der Waals surface area contributed by atoms with Crippen LogP contribution in [0.3, 0.4) is 0 Å². The van der Waals surface area contributed by atoms with Crippen LogP contribution in [-0.4, -0.2) is 27.5 Å². The van der Waals surface area contributed by atoms with Gasteiger partial charge in [0.05, 0.1) is 13.2 Å². The van der Waals surface area contributed by atoms with Gasteiger partial charge in [-0.2, -0.15) is 4.72 Å². The normalized spacial score (nSPS) is 12.5. The van der Waals surface area contributed by atoms with E-state index in [0.29, 0.717) is 5.69 Å². The van der Waals surface area contributed by atoms with Crippen LogP contribution >= 0.6 is 27.5 Å². The zero-order valence-electron chi connectivity index (χ0n) is 13.4. The molecule has 0 bridgehead atoms. The third-order valence-corrected chi connectivity index (χ3v) is 5.58. The van der Waals surface area contributed by atoms with Gasteiger partial charge in [0.1, 0.15) is 10.6 Å². The van der Waals surface area contributed by atoms with E-state index >= 15 is 0 Å². The summed E-state index contributed by atoms with van der Waals surface area (Å²) in [6, 6.07) is 10.2. The lowest BCUT2D eigenvalue weighted by Gasteiger charge is -2.16. The lowest BCUT2D eigenvalue weighted by Crippen LogP contribution is -2.41. The molecule has 0 aliphatic heterocycles. The minimum atomic E-state index is -4.00. The molecule has 1 amide bonds. The zero-order valence-corrected chi connectivity index (χ0v) is 16.6. The number of methoxy groups -OCH3 is 1. The van der Waals surface area contributed by atoms with Crippen LogP contribution in [0.5, 0.6) is 5.75 Å². The van der Waals surface area contributed by atoms with Crippen molar-refractivity contribution in [3.05, 3.63) is 52.0 Å². The molecule has 0 radical (unpaired) electrons. The molecule has 0 unspecified atom stereocenters. The van der Waals surface area contributed by atoms with E-state index in [4.69, 9.17) is 16.3 Å². The largest absolute Gasteiger partial charge is 0.495 e. The number of hydrogen-bond acceptors (Lipinski definition) is 4. The summed E-state index contributed by atoms with van der Waals surface area (Å²) in [6.07, 6.45) is 0. The summed E-state index contributed by atoms with van der Waals surface area (Å²) in [6.45, 7) is 1.45. The van der Waals surface area contributed by atoms with Crippen molar-refractivity contribution in [2.45, 2.75) is 17.9 Å². The number of ether oxygens (including phenoxy) is 1. The van der Waals surface area contributed by atoms with Gasteiger partial charge in [0.25, 0.3) is 0 Å². The van der Waals surface area contributed by atoms with Crippen LogP contribution in [0.25, 0.3) is 0 Å². The van der Waals surface area contributed by atoms with Gasteiger partial charge in [0, 0.05) is 15.2 Å². The first-order valence-corrected chi connectivity index (χ1v) is 9.80. The van der Waals surface area contributed by atoms with Gasteiger partial charge >= 0.3 is 0 Å². The predicted octanol–water partition coefficient (Wildman–Crippen LogP) is 3.42. The van der Waals surface area contributed by atoms with Crippen molar-refractivity contribution in [2.75, 3.05) is 12.4 Å². The molecule has 0 aliphatic rings. The first-order chi connectivity index (χ1) is 11.7. The van der Waals surface area contributed by atoms with Crippen molar-refractivity contribution in [2.24, 2.45) is 0 Å². The number of benzene rings is 2. The molecule has 2 aromatic rings. The summed E-state index contributed by atoms with van der Waals surface area (Å²) in [5.41, 5.74) is 0.555. The van der Waals surface area contributed by atoms with Gasteiger partial charge in [-0.15, -0.1) is 0 Å². The Morgan fingerprint density at radius 3 is 2.44 bits per heavy atom. The van der Waals surface area contributed by atoms with Gasteiger partial charge in [-0.1, -0.05) is 27.5 Å². The Morgan fingerprint density at radius 1 is 1.20 bits per heavy atom. The first kappa shape index (κ1) is 19.7. The molecule has 0 saturated carbocycles. The molecule has 0 aromatic heterocycles. The molecule has 0 saturated heterocycles. The highest BCUT2D eigenvalue weighted by molar-refractivity contribution is 9.10. The number of carbonyl (C=O) groups is 1. The topological polar surface area (TPSA) is 84.5 Å². The molecule has 6 nitrogen and oxygen atoms in total. The molecule has 9 heteroatoms. The molecular weight excluding hydrogens is 432 g/mol. The van der Waals surface area contributed by atoms with Crippen molar-refractivity contribution in [1.82, 2.24) is 4.72 Å². The minimum Gasteiger partial charge on any atom is -0.495 e. The monoisotopic (exact) mass is 446 g/mol. The number of nitrogens with one attached hydrogen (secondary N) is 2. The number of hydrogen-bond donors (Lipinski definition) is 2. The second-order valence-corrected chi connectivity index (χ2v) is 8.17. The van der Waals surface area contributed by atoms with Crippen molar-refractivity contribution in [1.29, 1.82) is 0 Å². The Bertz CT molecular complexity index is 872. The summed E-state index contributed by atoms with van der Waals surface area (Å²) in [7, 11) is -2.64. The average molecular weight is 448 g/mol. The number of halogens is 2. The van der Waals surface area contributed by atoms with Crippen LogP contribution in [0.15, 0.2) is 51.8 Å². The van der Waals surface area contributed by atoms with Crippen LogP contribution in [-0.2, 0) is 14.8 Å². The molecule has 0 fully saturated rings. The van der Waals surface area contributed by atoms with E-state index in [1.54, 1.807) is 24.3 Å². The molecule has 134 valence electrons. The number of rotatable bonds is 6. The molecule has 25 heavy (non-hydrogen) atoms. The van der Waals surface area contributed by atoms with Crippen LogP contribution < -0.4 is 14.8 Å². The molecule has 2 N–H and O–H groups in total. The summed E-state index contributed by atoms with van der Waals surface area (Å²) in [4.78, 5) is 12.1. The second kappa shape index (κ2) is 8.18. The van der Waals surface area contributed by atoms with Gasteiger partial charge in [-0.25, -0.2) is 8.42 Å². The molecule has 2 rings (SSSR count). The van der Waals surface area contributed by atoms with E-state index in [0.717, 1.165) is 4.47 Å². The molecule has 2 aromatic carbocycles. The van der Waals surface area contributed by atoms with Crippen LogP contribution in [0.1, 0.15) is 6.92 Å². The van der Waals surface area contributed by atoms with E-state index in [2.05, 4.69) is 26.0 Å². The highest BCUT2D eigenvalue weighted by Crippen LogP contribution is 2.27. The predicted molar refractivity (Wildman–Crippen MR) is 101 cm³/mol. The molecule has 0 spiro atoms. The fraction of sp³-hybridized carbons (Fsp3) is 0.188. The van der Waals surface area contributed by atoms with Crippen molar-refractivity contribution in [3.63, 3.8) is 0 Å². The molecule has 0 aliphatic carbocycles. The Balaban J connectivity index is 2.15. The Hall–Kier alpha value is -1.61. The van der Waals surface area contributed by atoms with Crippen molar-refractivity contribution >= 4 is 49.1 Å². The number of amides is 1. The number of anilines is 1. The van der Waals surface area contributed by atoms with E-state index in [1.165, 1.54) is 32.2 Å². The average Bonchev–Trinajstić information content (AvgIpc) is 2.56. The molecule has 1 atom stereocenters. The SMILES string of the molecule is COc1ccc(Cl)cc1S(=O)(=O)N[C@H](C)C(=O)Nc1ccc(Br)cc1. The number of carbonyl (C=O) groups excluding carboxylic acids is 1. The molecule has 0 heterocycles. The fourth-order valence-electron chi connectivity index (χ4n) is 1.99. The maximum absolute atomic E-state index is 12.5. The number of sulfonamides is 1. The third kappa shape index (κ3) is 5.18. The van der Waals surface area contributed by atoms with Crippen LogP contribution in [0, 0.1) is 0 Å². The minimum absolute atomic E-state index is 0.134. The Labute approximate surface area is 159 Å². The van der Waals surface area contributed by atoms with Crippen LogP contribution in [0.2, 0.25) is 5.02 Å². The quantitative estimate of drug-likeness (QED) is 0.711. The highest BCUT2D eigenvalue weighted by atomic mass is 79.9. The smallest absolute Gasteiger partial charge is 0.245 e. The van der Waals surface area contributed by atoms with E-state index < -0.39 is 22.0 Å². The van der Waals surface area contributed by atoms with Gasteiger partial charge < -0.3 is 10.1 Å². The van der Waals surface area contributed by atoms with Gasteiger partial charge in [0.15, 0.2) is 0 Å². The first-order valence-electron chi connectivity index (χ1n) is 7.15. The maximum Gasteiger partial charge on any atom is 0.245 e. The third-order valence-electron chi connectivity index (χ3n) is 3.25. The summed E-state index contributed by atoms with van der Waals surface area (Å²) in [5, 5.41) is 2.88. The summed E-state index contributed by atoms with van der Waals surface area (Å²) in [5.74, 6) is -0.357. The zero-order chi connectivity index (χ0) is 18.6. The van der Waals surface area contributed by atoms with E-state index in [-0.39, 0.29) is 15.7 Å². The standard InChI is InChI=1S/C16H16BrClN2O4S/c1-10(16(21)19-13-6-3-11(17)4-7-13)20-25(22,23)15-9-12(18)5-8-14(15)24-2/h3-10,20H,1-2H3,(H,19,21)/t10-/m1/s1. The fourth-order valence-corrected chi connectivity index (χ4v) is 3.89. The lowest BCUT2D eigenvalue weighted by molar-refractivity contribution is -0.117. The van der Waals surface area contributed by atoms with E-state index in [9.17, 15) is 13.2 Å². The van der Waals surface area contributed by atoms with Gasteiger partial charge in [-0.3, -0.25) is 4.79 Å². The van der Waals surface area contributed by atoms with Crippen LogP contribution in [0.4, 0.5) is 5.69 Å². The highest BCUT2D eigenvalue weighted by Gasteiger charge is 2.25. The van der Waals surface area contributed by atoms with Crippen molar-refractivity contribution in [3.8, 4) is 5.75 Å². The Morgan fingerprint density at radius 2 is 1.84 bits per heavy atom. The Kier molecular flexibility index (Phi) is 6.45. The van der Waals surface area contributed by atoms with E-state index in [1.807, 2.05) is 0 Å². The second-order valence-electron chi connectivity index (χ2n) is 5.13. The van der Waals surface area contributed by atoms with Gasteiger partial charge in [-0.05, 0) is 49.4 Å². The summed E-state index contributed by atoms with van der Waals surface area (Å²) < 4.78 is 33.3. The maximum atomic E-state index is 12.5. The van der Waals surface area contributed by atoms with Crippen molar-refractivity contribution < 1.29 is 17.9 Å². The van der Waals surface area contributed by atoms with Gasteiger partial charge in [0.2, 0.25) is 15.9 Å². The molecular formula is C16H16BrClN2O4S. The summed E-state index contributed by atoms with van der Waals surface area (Å²) >= 11 is 9.17.